The highest BCUT2D eigenvalue weighted by molar-refractivity contribution is 5.84. The molecule has 18 heavy (non-hydrogen) atoms. The molecule has 1 unspecified atom stereocenters. The summed E-state index contributed by atoms with van der Waals surface area (Å²) in [6.45, 7) is 7.18. The zero-order valence-electron chi connectivity index (χ0n) is 11.7. The normalized spacial score (nSPS) is 32.8. The second-order valence-electron chi connectivity index (χ2n) is 5.78. The van der Waals surface area contributed by atoms with Crippen LogP contribution in [-0.4, -0.2) is 29.9 Å². The molecule has 0 bridgehead atoms. The van der Waals surface area contributed by atoms with Crippen LogP contribution in [0.15, 0.2) is 0 Å². The van der Waals surface area contributed by atoms with Crippen LogP contribution in [0.1, 0.15) is 52.9 Å². The lowest BCUT2D eigenvalue weighted by molar-refractivity contribution is -0.319. The van der Waals surface area contributed by atoms with Crippen molar-refractivity contribution in [2.24, 2.45) is 11.8 Å². The smallest absolute Gasteiger partial charge is 0.251 e. The maximum absolute atomic E-state index is 12.1. The van der Waals surface area contributed by atoms with E-state index in [9.17, 15) is 4.79 Å². The molecule has 3 atom stereocenters. The van der Waals surface area contributed by atoms with Crippen molar-refractivity contribution in [3.63, 3.8) is 0 Å². The molecule has 2 aliphatic heterocycles. The standard InChI is InChI=1S/C14H25NO3/c1-4-12-11(9-10(2)3)14(16)15(12)18-13-7-5-6-8-17-13/h10-13H,4-9H2,1-3H3/t11-,12+,13?/m1/s1. The van der Waals surface area contributed by atoms with Crippen molar-refractivity contribution in [1.82, 2.24) is 5.06 Å². The Morgan fingerprint density at radius 2 is 2.22 bits per heavy atom. The van der Waals surface area contributed by atoms with Crippen LogP contribution in [0.4, 0.5) is 0 Å². The largest absolute Gasteiger partial charge is 0.350 e. The number of hydrogen-bond acceptors (Lipinski definition) is 3. The maximum atomic E-state index is 12.1. The van der Waals surface area contributed by atoms with Gasteiger partial charge < -0.3 is 4.74 Å². The molecule has 2 aliphatic rings. The third-order valence-electron chi connectivity index (χ3n) is 3.81. The summed E-state index contributed by atoms with van der Waals surface area (Å²) in [6, 6.07) is 0.241. The van der Waals surface area contributed by atoms with Gasteiger partial charge in [-0.25, -0.2) is 9.90 Å². The van der Waals surface area contributed by atoms with Crippen LogP contribution in [0.2, 0.25) is 0 Å². The summed E-state index contributed by atoms with van der Waals surface area (Å²) >= 11 is 0. The molecule has 2 heterocycles. The lowest BCUT2D eigenvalue weighted by Gasteiger charge is -2.47. The van der Waals surface area contributed by atoms with E-state index in [1.165, 1.54) is 0 Å². The van der Waals surface area contributed by atoms with Crippen molar-refractivity contribution >= 4 is 5.91 Å². The van der Waals surface area contributed by atoms with Gasteiger partial charge in [-0.1, -0.05) is 20.8 Å². The zero-order chi connectivity index (χ0) is 13.1. The summed E-state index contributed by atoms with van der Waals surface area (Å²) in [6.07, 6.45) is 4.82. The Bertz CT molecular complexity index is 287. The lowest BCUT2D eigenvalue weighted by Crippen LogP contribution is -2.61. The van der Waals surface area contributed by atoms with Crippen molar-refractivity contribution in [1.29, 1.82) is 0 Å². The molecule has 0 aromatic carbocycles. The maximum Gasteiger partial charge on any atom is 0.251 e. The molecular weight excluding hydrogens is 230 g/mol. The second-order valence-corrected chi connectivity index (χ2v) is 5.78. The predicted molar refractivity (Wildman–Crippen MR) is 68.5 cm³/mol. The summed E-state index contributed by atoms with van der Waals surface area (Å²) in [5, 5.41) is 1.57. The van der Waals surface area contributed by atoms with Crippen LogP contribution < -0.4 is 0 Å². The van der Waals surface area contributed by atoms with Gasteiger partial charge in [0.25, 0.3) is 5.91 Å². The van der Waals surface area contributed by atoms with Gasteiger partial charge in [0.05, 0.1) is 12.0 Å². The Morgan fingerprint density at radius 3 is 2.78 bits per heavy atom. The van der Waals surface area contributed by atoms with Crippen molar-refractivity contribution in [3.8, 4) is 0 Å². The number of hydroxylamine groups is 2. The first-order valence-corrected chi connectivity index (χ1v) is 7.25. The summed E-state index contributed by atoms with van der Waals surface area (Å²) < 4.78 is 5.53. The van der Waals surface area contributed by atoms with Gasteiger partial charge in [-0.3, -0.25) is 4.79 Å². The minimum atomic E-state index is -0.211. The number of ether oxygens (including phenoxy) is 1. The first-order valence-electron chi connectivity index (χ1n) is 7.25. The summed E-state index contributed by atoms with van der Waals surface area (Å²) in [5.41, 5.74) is 0. The molecule has 0 aliphatic carbocycles. The molecule has 2 saturated heterocycles. The third kappa shape index (κ3) is 2.86. The van der Waals surface area contributed by atoms with E-state index in [0.29, 0.717) is 5.92 Å². The molecule has 0 saturated carbocycles. The molecule has 0 N–H and O–H groups in total. The minimum absolute atomic E-state index is 0.143. The van der Waals surface area contributed by atoms with E-state index in [0.717, 1.165) is 38.7 Å². The van der Waals surface area contributed by atoms with Crippen molar-refractivity contribution in [2.75, 3.05) is 6.61 Å². The van der Waals surface area contributed by atoms with Crippen molar-refractivity contribution < 1.29 is 14.4 Å². The average molecular weight is 255 g/mol. The van der Waals surface area contributed by atoms with Gasteiger partial charge in [0.2, 0.25) is 0 Å². The Hall–Kier alpha value is -0.610. The van der Waals surface area contributed by atoms with Gasteiger partial charge >= 0.3 is 0 Å². The van der Waals surface area contributed by atoms with Crippen LogP contribution in [0.5, 0.6) is 0 Å². The van der Waals surface area contributed by atoms with Crippen LogP contribution in [0.3, 0.4) is 0 Å². The monoisotopic (exact) mass is 255 g/mol. The van der Waals surface area contributed by atoms with E-state index in [1.54, 1.807) is 5.06 Å². The zero-order valence-corrected chi connectivity index (χ0v) is 11.7. The Balaban J connectivity index is 1.87. The number of amides is 1. The first kappa shape index (κ1) is 13.8. The number of carbonyl (C=O) groups is 1. The van der Waals surface area contributed by atoms with Crippen LogP contribution in [0, 0.1) is 11.8 Å². The molecule has 1 amide bonds. The van der Waals surface area contributed by atoms with Crippen molar-refractivity contribution in [3.05, 3.63) is 0 Å². The number of rotatable bonds is 5. The highest BCUT2D eigenvalue weighted by Gasteiger charge is 2.48. The van der Waals surface area contributed by atoms with Crippen LogP contribution in [0.25, 0.3) is 0 Å². The molecule has 2 fully saturated rings. The fourth-order valence-electron chi connectivity index (χ4n) is 2.84. The molecule has 0 aromatic heterocycles. The quantitative estimate of drug-likeness (QED) is 0.709. The minimum Gasteiger partial charge on any atom is -0.350 e. The Labute approximate surface area is 110 Å². The van der Waals surface area contributed by atoms with Gasteiger partial charge in [0.1, 0.15) is 0 Å². The summed E-state index contributed by atoms with van der Waals surface area (Å²) in [4.78, 5) is 17.8. The predicted octanol–water partition coefficient (Wildman–Crippen LogP) is 2.73. The third-order valence-corrected chi connectivity index (χ3v) is 3.81. The van der Waals surface area contributed by atoms with Gasteiger partial charge in [-0.15, -0.1) is 0 Å². The van der Waals surface area contributed by atoms with Crippen LogP contribution >= 0.6 is 0 Å². The number of carbonyl (C=O) groups excluding carboxylic acids is 1. The van der Waals surface area contributed by atoms with E-state index >= 15 is 0 Å². The molecule has 0 radical (unpaired) electrons. The van der Waals surface area contributed by atoms with Gasteiger partial charge in [0, 0.05) is 13.0 Å². The molecule has 4 heteroatoms. The Morgan fingerprint density at radius 1 is 1.44 bits per heavy atom. The number of nitrogens with zero attached hydrogens (tertiary/aromatic N) is 1. The van der Waals surface area contributed by atoms with E-state index in [-0.39, 0.29) is 24.2 Å². The molecule has 104 valence electrons. The second kappa shape index (κ2) is 6.02. The molecular formula is C14H25NO3. The van der Waals surface area contributed by atoms with E-state index in [4.69, 9.17) is 9.57 Å². The Kier molecular flexibility index (Phi) is 4.62. The summed E-state index contributed by atoms with van der Waals surface area (Å²) in [7, 11) is 0. The van der Waals surface area contributed by atoms with Gasteiger partial charge in [-0.2, -0.15) is 0 Å². The fourth-order valence-corrected chi connectivity index (χ4v) is 2.84. The molecule has 0 spiro atoms. The SMILES string of the molecule is CC[C@H]1[C@@H](CC(C)C)C(=O)N1OC1CCCCO1. The van der Waals surface area contributed by atoms with Crippen molar-refractivity contribution in [2.45, 2.75) is 65.2 Å². The van der Waals surface area contributed by atoms with Gasteiger partial charge in [-0.05, 0) is 31.6 Å². The van der Waals surface area contributed by atoms with Crippen LogP contribution in [-0.2, 0) is 14.4 Å². The topological polar surface area (TPSA) is 38.8 Å². The number of hydrogen-bond donors (Lipinski definition) is 0. The fraction of sp³-hybridized carbons (Fsp3) is 0.929. The molecule has 2 rings (SSSR count). The average Bonchev–Trinajstić information content (AvgIpc) is 2.37. The number of β-lactam (4-membered cyclic amide) rings is 1. The molecule has 4 nitrogen and oxygen atoms in total. The van der Waals surface area contributed by atoms with E-state index in [1.807, 2.05) is 0 Å². The summed E-state index contributed by atoms with van der Waals surface area (Å²) in [5.74, 6) is 0.851. The van der Waals surface area contributed by atoms with Gasteiger partial charge in [0.15, 0.2) is 6.29 Å². The highest BCUT2D eigenvalue weighted by Crippen LogP contribution is 2.35. The van der Waals surface area contributed by atoms with E-state index in [2.05, 4.69) is 20.8 Å². The highest BCUT2D eigenvalue weighted by atomic mass is 16.8. The van der Waals surface area contributed by atoms with E-state index < -0.39 is 0 Å². The molecule has 0 aromatic rings. The first-order chi connectivity index (χ1) is 8.63. The lowest BCUT2D eigenvalue weighted by atomic mass is 9.81.